The summed E-state index contributed by atoms with van der Waals surface area (Å²) in [4.78, 5) is 24.4. The molecule has 1 fully saturated rings. The molecule has 0 N–H and O–H groups in total. The molecule has 19 heavy (non-hydrogen) atoms. The number of nitrogens with zero attached hydrogens (tertiary/aromatic N) is 2. The summed E-state index contributed by atoms with van der Waals surface area (Å²) >= 11 is 7.55. The number of benzene rings is 1. The zero-order valence-corrected chi connectivity index (χ0v) is 11.9. The van der Waals surface area contributed by atoms with Crippen LogP contribution in [0.4, 0.5) is 5.69 Å². The van der Waals surface area contributed by atoms with Crippen molar-refractivity contribution in [1.29, 1.82) is 0 Å². The molecule has 1 unspecified atom stereocenters. The predicted octanol–water partition coefficient (Wildman–Crippen LogP) is 2.83. The molecule has 7 heteroatoms. The van der Waals surface area contributed by atoms with Gasteiger partial charge in [-0.2, -0.15) is 11.8 Å². The molecule has 1 amide bonds. The molecule has 1 aromatic carbocycles. The van der Waals surface area contributed by atoms with Crippen LogP contribution >= 0.6 is 23.4 Å². The number of hydrogen-bond acceptors (Lipinski definition) is 4. The van der Waals surface area contributed by atoms with Crippen LogP contribution in [0.5, 0.6) is 0 Å². The Labute approximate surface area is 120 Å². The van der Waals surface area contributed by atoms with Gasteiger partial charge in [0, 0.05) is 35.7 Å². The largest absolute Gasteiger partial charge is 0.334 e. The average molecular weight is 301 g/mol. The highest BCUT2D eigenvalue weighted by Gasteiger charge is 2.26. The second-order valence-electron chi connectivity index (χ2n) is 4.35. The Morgan fingerprint density at radius 3 is 2.95 bits per heavy atom. The monoisotopic (exact) mass is 300 g/mol. The van der Waals surface area contributed by atoms with E-state index in [0.29, 0.717) is 12.1 Å². The molecule has 1 aromatic rings. The summed E-state index contributed by atoms with van der Waals surface area (Å²) in [6.45, 7) is 2.65. The first kappa shape index (κ1) is 14.1. The number of carbonyl (C=O) groups excluding carboxylic acids is 1. The first-order valence-corrected chi connectivity index (χ1v) is 7.36. The van der Waals surface area contributed by atoms with Gasteiger partial charge >= 0.3 is 0 Å². The van der Waals surface area contributed by atoms with Crippen molar-refractivity contribution in [2.75, 3.05) is 18.1 Å². The molecule has 0 aromatic heterocycles. The highest BCUT2D eigenvalue weighted by molar-refractivity contribution is 7.99. The lowest BCUT2D eigenvalue weighted by molar-refractivity contribution is -0.384. The lowest BCUT2D eigenvalue weighted by Gasteiger charge is -2.33. The van der Waals surface area contributed by atoms with Crippen LogP contribution in [0.3, 0.4) is 0 Å². The van der Waals surface area contributed by atoms with Gasteiger partial charge in [-0.15, -0.1) is 0 Å². The van der Waals surface area contributed by atoms with Crippen molar-refractivity contribution in [2.24, 2.45) is 0 Å². The summed E-state index contributed by atoms with van der Waals surface area (Å²) in [5.41, 5.74) is 0.0846. The van der Waals surface area contributed by atoms with E-state index in [-0.39, 0.29) is 22.7 Å². The molecule has 0 aliphatic carbocycles. The standard InChI is InChI=1S/C12H13ClN2O3S/c1-8-7-19-5-4-14(8)12(16)9-2-3-10(13)11(6-9)15(17)18/h2-3,6,8H,4-5,7H2,1H3. The van der Waals surface area contributed by atoms with Gasteiger partial charge in [0.05, 0.1) is 4.92 Å². The minimum atomic E-state index is -0.575. The Morgan fingerprint density at radius 2 is 2.32 bits per heavy atom. The van der Waals surface area contributed by atoms with Crippen LogP contribution < -0.4 is 0 Å². The van der Waals surface area contributed by atoms with Crippen LogP contribution in [0, 0.1) is 10.1 Å². The zero-order chi connectivity index (χ0) is 14.0. The van der Waals surface area contributed by atoms with Gasteiger partial charge in [-0.1, -0.05) is 11.6 Å². The smallest absolute Gasteiger partial charge is 0.288 e. The summed E-state index contributed by atoms with van der Waals surface area (Å²) in [6.07, 6.45) is 0. The summed E-state index contributed by atoms with van der Waals surface area (Å²) < 4.78 is 0. The number of amides is 1. The Bertz CT molecular complexity index is 524. The molecule has 1 saturated heterocycles. The van der Waals surface area contributed by atoms with Crippen molar-refractivity contribution in [3.05, 3.63) is 38.9 Å². The van der Waals surface area contributed by atoms with Crippen LogP contribution in [0.15, 0.2) is 18.2 Å². The van der Waals surface area contributed by atoms with E-state index in [2.05, 4.69) is 0 Å². The third kappa shape index (κ3) is 3.01. The van der Waals surface area contributed by atoms with Crippen LogP contribution in [-0.2, 0) is 0 Å². The van der Waals surface area contributed by atoms with E-state index >= 15 is 0 Å². The molecule has 0 radical (unpaired) electrons. The number of hydrogen-bond donors (Lipinski definition) is 0. The van der Waals surface area contributed by atoms with Gasteiger partial charge in [0.25, 0.3) is 11.6 Å². The summed E-state index contributed by atoms with van der Waals surface area (Å²) in [5, 5.41) is 10.9. The van der Waals surface area contributed by atoms with Gasteiger partial charge in [0.15, 0.2) is 0 Å². The first-order chi connectivity index (χ1) is 9.00. The van der Waals surface area contributed by atoms with E-state index in [0.717, 1.165) is 11.5 Å². The maximum atomic E-state index is 12.3. The fraction of sp³-hybridized carbons (Fsp3) is 0.417. The van der Waals surface area contributed by atoms with Crippen molar-refractivity contribution < 1.29 is 9.72 Å². The van der Waals surface area contributed by atoms with Crippen LogP contribution in [0.25, 0.3) is 0 Å². The minimum absolute atomic E-state index is 0.0452. The number of carbonyl (C=O) groups is 1. The van der Waals surface area contributed by atoms with Gasteiger partial charge in [-0.05, 0) is 19.1 Å². The normalized spacial score (nSPS) is 19.3. The third-order valence-corrected chi connectivity index (χ3v) is 4.53. The van der Waals surface area contributed by atoms with Gasteiger partial charge in [0.1, 0.15) is 5.02 Å². The molecule has 1 aliphatic rings. The number of thioether (sulfide) groups is 1. The third-order valence-electron chi connectivity index (χ3n) is 3.02. The zero-order valence-electron chi connectivity index (χ0n) is 10.3. The van der Waals surface area contributed by atoms with E-state index in [1.165, 1.54) is 18.2 Å². The molecule has 0 saturated carbocycles. The SMILES string of the molecule is CC1CSCCN1C(=O)c1ccc(Cl)c([N+](=O)[O-])c1. The van der Waals surface area contributed by atoms with E-state index < -0.39 is 4.92 Å². The summed E-state index contributed by atoms with van der Waals surface area (Å²) in [7, 11) is 0. The van der Waals surface area contributed by atoms with E-state index in [1.807, 2.05) is 6.92 Å². The Morgan fingerprint density at radius 1 is 1.58 bits per heavy atom. The van der Waals surface area contributed by atoms with E-state index in [4.69, 9.17) is 11.6 Å². The fourth-order valence-corrected chi connectivity index (χ4v) is 3.18. The molecular weight excluding hydrogens is 288 g/mol. The quantitative estimate of drug-likeness (QED) is 0.622. The second-order valence-corrected chi connectivity index (χ2v) is 5.90. The van der Waals surface area contributed by atoms with Crippen molar-refractivity contribution >= 4 is 35.0 Å². The minimum Gasteiger partial charge on any atom is -0.334 e. The highest BCUT2D eigenvalue weighted by atomic mass is 35.5. The van der Waals surface area contributed by atoms with Crippen LogP contribution in [0.1, 0.15) is 17.3 Å². The van der Waals surface area contributed by atoms with E-state index in [1.54, 1.807) is 16.7 Å². The molecule has 5 nitrogen and oxygen atoms in total. The van der Waals surface area contributed by atoms with Gasteiger partial charge in [0.2, 0.25) is 0 Å². The van der Waals surface area contributed by atoms with Crippen molar-refractivity contribution in [1.82, 2.24) is 4.90 Å². The highest BCUT2D eigenvalue weighted by Crippen LogP contribution is 2.26. The van der Waals surface area contributed by atoms with Gasteiger partial charge in [-0.25, -0.2) is 0 Å². The molecule has 1 aliphatic heterocycles. The van der Waals surface area contributed by atoms with E-state index in [9.17, 15) is 14.9 Å². The van der Waals surface area contributed by atoms with Gasteiger partial charge < -0.3 is 4.90 Å². The molecule has 1 heterocycles. The Hall–Kier alpha value is -1.27. The second kappa shape index (κ2) is 5.79. The predicted molar refractivity (Wildman–Crippen MR) is 75.9 cm³/mol. The van der Waals surface area contributed by atoms with Gasteiger partial charge in [-0.3, -0.25) is 14.9 Å². The summed E-state index contributed by atoms with van der Waals surface area (Å²) in [6, 6.07) is 4.32. The fourth-order valence-electron chi connectivity index (χ4n) is 1.98. The molecular formula is C12H13ClN2O3S. The Balaban J connectivity index is 2.28. The molecule has 0 spiro atoms. The van der Waals surface area contributed by atoms with Crippen LogP contribution in [0.2, 0.25) is 5.02 Å². The molecule has 0 bridgehead atoms. The van der Waals surface area contributed by atoms with Crippen molar-refractivity contribution in [3.63, 3.8) is 0 Å². The lowest BCUT2D eigenvalue weighted by Crippen LogP contribution is -2.44. The summed E-state index contributed by atoms with van der Waals surface area (Å²) in [5.74, 6) is 1.61. The van der Waals surface area contributed by atoms with Crippen molar-refractivity contribution in [3.8, 4) is 0 Å². The number of nitro benzene ring substituents is 1. The molecule has 1 atom stereocenters. The molecule has 102 valence electrons. The maximum Gasteiger partial charge on any atom is 0.288 e. The van der Waals surface area contributed by atoms with Crippen molar-refractivity contribution in [2.45, 2.75) is 13.0 Å². The lowest BCUT2D eigenvalue weighted by atomic mass is 10.1. The number of halogens is 1. The average Bonchev–Trinajstić information content (AvgIpc) is 2.38. The maximum absolute atomic E-state index is 12.3. The van der Waals surface area contributed by atoms with Crippen LogP contribution in [-0.4, -0.2) is 39.8 Å². The topological polar surface area (TPSA) is 63.5 Å². The Kier molecular flexibility index (Phi) is 4.31. The molecule has 2 rings (SSSR count). The first-order valence-electron chi connectivity index (χ1n) is 5.83. The number of rotatable bonds is 2. The number of nitro groups is 1.